The molecule has 0 saturated carbocycles. The molecule has 120 valence electrons. The van der Waals surface area contributed by atoms with E-state index in [0.29, 0.717) is 29.1 Å². The van der Waals surface area contributed by atoms with Gasteiger partial charge < -0.3 is 14.6 Å². The Morgan fingerprint density at radius 1 is 1.25 bits per heavy atom. The average Bonchev–Trinajstić information content (AvgIpc) is 2.93. The molecule has 6 heteroatoms. The minimum Gasteiger partial charge on any atom is -0.319 e. The first-order chi connectivity index (χ1) is 11.6. The molecule has 0 spiro atoms. The molecular formula is C18H17N5O. The van der Waals surface area contributed by atoms with E-state index in [2.05, 4.69) is 16.4 Å². The van der Waals surface area contributed by atoms with Gasteiger partial charge in [0.25, 0.3) is 5.91 Å². The number of aromatic nitrogens is 2. The number of nitrogens with zero attached hydrogens (tertiary/aromatic N) is 4. The molecule has 1 N–H and O–H groups in total. The highest BCUT2D eigenvalue weighted by molar-refractivity contribution is 6.04. The summed E-state index contributed by atoms with van der Waals surface area (Å²) < 4.78 is 1.91. The molecule has 2 aromatic heterocycles. The van der Waals surface area contributed by atoms with Gasteiger partial charge in [-0.3, -0.25) is 4.79 Å². The van der Waals surface area contributed by atoms with Crippen LogP contribution in [0.25, 0.3) is 5.65 Å². The fraction of sp³-hybridized carbons (Fsp3) is 0.167. The van der Waals surface area contributed by atoms with Gasteiger partial charge in [0, 0.05) is 12.7 Å². The Morgan fingerprint density at radius 2 is 2.00 bits per heavy atom. The van der Waals surface area contributed by atoms with Crippen LogP contribution in [0.5, 0.6) is 0 Å². The maximum Gasteiger partial charge on any atom is 0.276 e. The van der Waals surface area contributed by atoms with E-state index < -0.39 is 0 Å². The maximum absolute atomic E-state index is 12.7. The molecule has 0 aliphatic carbocycles. The number of carbonyl (C=O) groups is 1. The average molecular weight is 319 g/mol. The lowest BCUT2D eigenvalue weighted by molar-refractivity contribution is 0.102. The molecule has 1 aromatic carbocycles. The van der Waals surface area contributed by atoms with Crippen LogP contribution in [0, 0.1) is 11.3 Å². The Kier molecular flexibility index (Phi) is 4.27. The number of carbonyl (C=O) groups excluding carboxylic acids is 1. The summed E-state index contributed by atoms with van der Waals surface area (Å²) in [5.74, 6) is -0.321. The highest BCUT2D eigenvalue weighted by atomic mass is 16.1. The smallest absolute Gasteiger partial charge is 0.276 e. The van der Waals surface area contributed by atoms with E-state index in [4.69, 9.17) is 5.26 Å². The predicted molar refractivity (Wildman–Crippen MR) is 91.7 cm³/mol. The van der Waals surface area contributed by atoms with Crippen molar-refractivity contribution in [2.24, 2.45) is 0 Å². The lowest BCUT2D eigenvalue weighted by atomic mass is 10.2. The van der Waals surface area contributed by atoms with Crippen molar-refractivity contribution in [3.8, 4) is 6.07 Å². The molecule has 2 heterocycles. The summed E-state index contributed by atoms with van der Waals surface area (Å²) in [7, 11) is 3.88. The standard InChI is InChI=1S/C18H17N5O/c1-22(2)12-15-17(21-16-9-5-6-10-23(15)16)18(24)20-14-8-4-3-7-13(14)11-19/h3-10H,12H2,1-2H3,(H,20,24). The fourth-order valence-electron chi connectivity index (χ4n) is 2.55. The molecule has 6 nitrogen and oxygen atoms in total. The minimum absolute atomic E-state index is 0.321. The van der Waals surface area contributed by atoms with Crippen molar-refractivity contribution >= 4 is 17.2 Å². The third kappa shape index (κ3) is 2.98. The van der Waals surface area contributed by atoms with Crippen molar-refractivity contribution in [1.82, 2.24) is 14.3 Å². The van der Waals surface area contributed by atoms with Gasteiger partial charge in [0.1, 0.15) is 11.7 Å². The first-order valence-electron chi connectivity index (χ1n) is 7.51. The molecule has 3 rings (SSSR count). The van der Waals surface area contributed by atoms with Gasteiger partial charge in [-0.15, -0.1) is 0 Å². The molecule has 3 aromatic rings. The molecule has 24 heavy (non-hydrogen) atoms. The number of benzene rings is 1. The number of nitrogens with one attached hydrogen (secondary N) is 1. The molecule has 1 amide bonds. The summed E-state index contributed by atoms with van der Waals surface area (Å²) in [6.45, 7) is 0.577. The van der Waals surface area contributed by atoms with E-state index >= 15 is 0 Å². The van der Waals surface area contributed by atoms with E-state index in [0.717, 1.165) is 5.69 Å². The zero-order valence-electron chi connectivity index (χ0n) is 13.5. The van der Waals surface area contributed by atoms with E-state index in [9.17, 15) is 4.79 Å². The van der Waals surface area contributed by atoms with Crippen LogP contribution in [-0.2, 0) is 6.54 Å². The quantitative estimate of drug-likeness (QED) is 0.802. The third-order valence-corrected chi connectivity index (χ3v) is 3.61. The fourth-order valence-corrected chi connectivity index (χ4v) is 2.55. The van der Waals surface area contributed by atoms with Crippen molar-refractivity contribution in [2.45, 2.75) is 6.54 Å². The van der Waals surface area contributed by atoms with Crippen LogP contribution in [0.3, 0.4) is 0 Å². The normalized spacial score (nSPS) is 10.8. The first-order valence-corrected chi connectivity index (χ1v) is 7.51. The van der Waals surface area contributed by atoms with Gasteiger partial charge in [-0.25, -0.2) is 4.98 Å². The van der Waals surface area contributed by atoms with Crippen molar-refractivity contribution in [2.75, 3.05) is 19.4 Å². The number of hydrogen-bond acceptors (Lipinski definition) is 4. The molecule has 0 saturated heterocycles. The number of anilines is 1. The second-order valence-electron chi connectivity index (χ2n) is 5.69. The monoisotopic (exact) mass is 319 g/mol. The van der Waals surface area contributed by atoms with E-state index in [1.54, 1.807) is 24.3 Å². The number of fused-ring (bicyclic) bond motifs is 1. The topological polar surface area (TPSA) is 73.4 Å². The Morgan fingerprint density at radius 3 is 2.75 bits per heavy atom. The molecule has 0 radical (unpaired) electrons. The van der Waals surface area contributed by atoms with Gasteiger partial charge in [-0.1, -0.05) is 18.2 Å². The SMILES string of the molecule is CN(C)Cc1c(C(=O)Nc2ccccc2C#N)nc2ccccn12. The Labute approximate surface area is 140 Å². The van der Waals surface area contributed by atoms with Crippen LogP contribution in [0.1, 0.15) is 21.7 Å². The third-order valence-electron chi connectivity index (χ3n) is 3.61. The Balaban J connectivity index is 2.02. The van der Waals surface area contributed by atoms with Gasteiger partial charge in [0.05, 0.1) is 16.9 Å². The molecule has 0 aliphatic rings. The first kappa shape index (κ1) is 15.7. The van der Waals surface area contributed by atoms with Crippen LogP contribution in [0.4, 0.5) is 5.69 Å². The second-order valence-corrected chi connectivity index (χ2v) is 5.69. The van der Waals surface area contributed by atoms with Crippen LogP contribution < -0.4 is 5.32 Å². The number of nitriles is 1. The predicted octanol–water partition coefficient (Wildman–Crippen LogP) is 2.52. The number of hydrogen-bond donors (Lipinski definition) is 1. The number of rotatable bonds is 4. The highest BCUT2D eigenvalue weighted by Gasteiger charge is 2.20. The number of para-hydroxylation sites is 1. The zero-order valence-corrected chi connectivity index (χ0v) is 13.5. The summed E-state index contributed by atoms with van der Waals surface area (Å²) in [6, 6.07) is 14.6. The van der Waals surface area contributed by atoms with Crippen LogP contribution in [-0.4, -0.2) is 34.3 Å². The van der Waals surface area contributed by atoms with Crippen LogP contribution >= 0.6 is 0 Å². The van der Waals surface area contributed by atoms with E-state index in [1.807, 2.05) is 47.8 Å². The number of imidazole rings is 1. The van der Waals surface area contributed by atoms with Gasteiger partial charge in [-0.05, 0) is 38.4 Å². The number of pyridine rings is 1. The second kappa shape index (κ2) is 6.52. The summed E-state index contributed by atoms with van der Waals surface area (Å²) in [4.78, 5) is 19.2. The molecule has 0 bridgehead atoms. The summed E-state index contributed by atoms with van der Waals surface area (Å²) in [6.07, 6.45) is 1.89. The molecule has 0 unspecified atom stereocenters. The summed E-state index contributed by atoms with van der Waals surface area (Å²) >= 11 is 0. The highest BCUT2D eigenvalue weighted by Crippen LogP contribution is 2.18. The summed E-state index contributed by atoms with van der Waals surface area (Å²) in [5, 5.41) is 12.0. The molecule has 0 fully saturated rings. The van der Waals surface area contributed by atoms with Crippen LogP contribution in [0.2, 0.25) is 0 Å². The zero-order chi connectivity index (χ0) is 17.1. The Bertz CT molecular complexity index is 936. The van der Waals surface area contributed by atoms with Crippen molar-refractivity contribution in [1.29, 1.82) is 5.26 Å². The van der Waals surface area contributed by atoms with Gasteiger partial charge in [-0.2, -0.15) is 5.26 Å². The van der Waals surface area contributed by atoms with Gasteiger partial charge in [0.2, 0.25) is 0 Å². The minimum atomic E-state index is -0.321. The van der Waals surface area contributed by atoms with Gasteiger partial charge >= 0.3 is 0 Å². The van der Waals surface area contributed by atoms with E-state index in [-0.39, 0.29) is 5.91 Å². The van der Waals surface area contributed by atoms with Crippen molar-refractivity contribution in [3.05, 3.63) is 65.6 Å². The lowest BCUT2D eigenvalue weighted by Gasteiger charge is -2.11. The Hall–Kier alpha value is -3.17. The molecule has 0 atom stereocenters. The van der Waals surface area contributed by atoms with E-state index in [1.165, 1.54) is 0 Å². The van der Waals surface area contributed by atoms with Crippen molar-refractivity contribution < 1.29 is 4.79 Å². The van der Waals surface area contributed by atoms with Gasteiger partial charge in [0.15, 0.2) is 5.69 Å². The van der Waals surface area contributed by atoms with Crippen LogP contribution in [0.15, 0.2) is 48.7 Å². The largest absolute Gasteiger partial charge is 0.319 e. The maximum atomic E-state index is 12.7. The summed E-state index contributed by atoms with van der Waals surface area (Å²) in [5.41, 5.74) is 2.79. The van der Waals surface area contributed by atoms with Crippen molar-refractivity contribution in [3.63, 3.8) is 0 Å². The number of amides is 1. The molecule has 0 aliphatic heterocycles. The lowest BCUT2D eigenvalue weighted by Crippen LogP contribution is -2.19. The molecular weight excluding hydrogens is 302 g/mol.